The van der Waals surface area contributed by atoms with E-state index < -0.39 is 0 Å². The van der Waals surface area contributed by atoms with Crippen molar-refractivity contribution in [3.63, 3.8) is 0 Å². The van der Waals surface area contributed by atoms with Gasteiger partial charge in [0.2, 0.25) is 0 Å². The molecule has 1 aromatic carbocycles. The lowest BCUT2D eigenvalue weighted by atomic mass is 10.0. The maximum atomic E-state index is 11.9. The lowest BCUT2D eigenvalue weighted by molar-refractivity contribution is 0.0863. The molecular formula is C17H18N2O3. The Labute approximate surface area is 127 Å². The maximum absolute atomic E-state index is 11.9. The van der Waals surface area contributed by atoms with Gasteiger partial charge >= 0.3 is 5.69 Å². The molecule has 22 heavy (non-hydrogen) atoms. The molecule has 2 aromatic rings. The van der Waals surface area contributed by atoms with Crippen LogP contribution in [-0.4, -0.2) is 16.2 Å². The monoisotopic (exact) mass is 298 g/mol. The number of rotatable bonds is 5. The topological polar surface area (TPSA) is 64.1 Å². The van der Waals surface area contributed by atoms with Crippen molar-refractivity contribution in [3.8, 4) is 0 Å². The zero-order chi connectivity index (χ0) is 15.4. The van der Waals surface area contributed by atoms with Crippen LogP contribution in [0.1, 0.15) is 18.0 Å². The van der Waals surface area contributed by atoms with Crippen LogP contribution in [0.4, 0.5) is 0 Å². The molecule has 0 unspecified atom stereocenters. The summed E-state index contributed by atoms with van der Waals surface area (Å²) in [6.07, 6.45) is 6.46. The average Bonchev–Trinajstić information content (AvgIpc) is 2.97. The van der Waals surface area contributed by atoms with E-state index in [1.54, 1.807) is 10.8 Å². The number of ether oxygens (including phenoxy) is 1. The second-order valence-electron chi connectivity index (χ2n) is 5.41. The largest absolute Gasteiger partial charge is 0.376 e. The first-order valence-electron chi connectivity index (χ1n) is 7.34. The van der Waals surface area contributed by atoms with Crippen LogP contribution >= 0.6 is 0 Å². The number of benzene rings is 1. The molecule has 5 nitrogen and oxygen atoms in total. The van der Waals surface area contributed by atoms with Gasteiger partial charge < -0.3 is 4.74 Å². The van der Waals surface area contributed by atoms with Crippen molar-refractivity contribution in [2.24, 2.45) is 5.92 Å². The van der Waals surface area contributed by atoms with Crippen molar-refractivity contribution in [1.29, 1.82) is 0 Å². The van der Waals surface area contributed by atoms with Gasteiger partial charge in [-0.2, -0.15) is 0 Å². The molecule has 1 aliphatic carbocycles. The number of hydrogen-bond donors (Lipinski definition) is 1. The van der Waals surface area contributed by atoms with Crippen LogP contribution in [-0.2, 0) is 11.3 Å². The van der Waals surface area contributed by atoms with Gasteiger partial charge in [0, 0.05) is 18.2 Å². The molecule has 3 rings (SSSR count). The molecule has 0 aliphatic heterocycles. The zero-order valence-electron chi connectivity index (χ0n) is 12.1. The molecule has 0 bridgehead atoms. The van der Waals surface area contributed by atoms with E-state index in [0.29, 0.717) is 13.2 Å². The molecule has 0 fully saturated rings. The fourth-order valence-corrected chi connectivity index (χ4v) is 2.76. The summed E-state index contributed by atoms with van der Waals surface area (Å²) >= 11 is 0. The van der Waals surface area contributed by atoms with Crippen LogP contribution in [0.2, 0.25) is 0 Å². The van der Waals surface area contributed by atoms with E-state index in [0.717, 1.165) is 12.0 Å². The predicted molar refractivity (Wildman–Crippen MR) is 83.7 cm³/mol. The van der Waals surface area contributed by atoms with Crippen LogP contribution in [0, 0.1) is 5.92 Å². The fraction of sp³-hybridized carbons (Fsp3) is 0.294. The van der Waals surface area contributed by atoms with Gasteiger partial charge in [-0.1, -0.05) is 42.5 Å². The average molecular weight is 298 g/mol. The standard InChI is InChI=1S/C17H18N2O3/c20-16-9-10-19(17(21)18-16)15-8-4-7-14(15)12-22-11-13-5-2-1-3-6-13/h1-7,9-10,14-15H,8,11-12H2,(H,18,20,21)/t14-,15-/m0/s1. The molecule has 114 valence electrons. The normalized spacial score (nSPS) is 20.4. The van der Waals surface area contributed by atoms with E-state index in [9.17, 15) is 9.59 Å². The fourth-order valence-electron chi connectivity index (χ4n) is 2.76. The molecule has 1 aliphatic rings. The summed E-state index contributed by atoms with van der Waals surface area (Å²) in [5, 5.41) is 0. The Hall–Kier alpha value is -2.40. The Bertz CT molecular complexity index is 761. The SMILES string of the molecule is O=c1ccn([C@H]2CC=C[C@H]2COCc2ccccc2)c(=O)[nH]1. The highest BCUT2D eigenvalue weighted by Gasteiger charge is 2.25. The molecule has 1 heterocycles. The van der Waals surface area contributed by atoms with Gasteiger partial charge in [0.1, 0.15) is 0 Å². The summed E-state index contributed by atoms with van der Waals surface area (Å²) < 4.78 is 7.36. The molecule has 0 amide bonds. The summed E-state index contributed by atoms with van der Waals surface area (Å²) in [4.78, 5) is 25.4. The first-order chi connectivity index (χ1) is 10.7. The quantitative estimate of drug-likeness (QED) is 0.857. The number of nitrogens with zero attached hydrogens (tertiary/aromatic N) is 1. The third-order valence-corrected chi connectivity index (χ3v) is 3.89. The first kappa shape index (κ1) is 14.5. The van der Waals surface area contributed by atoms with Gasteiger partial charge in [0.15, 0.2) is 0 Å². The van der Waals surface area contributed by atoms with Crippen LogP contribution in [0.25, 0.3) is 0 Å². The van der Waals surface area contributed by atoms with E-state index in [4.69, 9.17) is 4.74 Å². The third kappa shape index (κ3) is 3.26. The first-order valence-corrected chi connectivity index (χ1v) is 7.34. The predicted octanol–water partition coefficient (Wildman–Crippen LogP) is 1.87. The van der Waals surface area contributed by atoms with Crippen LogP contribution < -0.4 is 11.2 Å². The molecule has 5 heteroatoms. The summed E-state index contributed by atoms with van der Waals surface area (Å²) in [7, 11) is 0. The highest BCUT2D eigenvalue weighted by Crippen LogP contribution is 2.29. The Morgan fingerprint density at radius 2 is 2.00 bits per heavy atom. The Balaban J connectivity index is 1.64. The van der Waals surface area contributed by atoms with E-state index >= 15 is 0 Å². The Morgan fingerprint density at radius 3 is 2.77 bits per heavy atom. The van der Waals surface area contributed by atoms with Gasteiger partial charge in [-0.25, -0.2) is 4.79 Å². The van der Waals surface area contributed by atoms with Gasteiger partial charge in [-0.15, -0.1) is 0 Å². The highest BCUT2D eigenvalue weighted by atomic mass is 16.5. The van der Waals surface area contributed by atoms with Crippen molar-refractivity contribution >= 4 is 0 Å². The molecule has 0 saturated heterocycles. The van der Waals surface area contributed by atoms with Crippen LogP contribution in [0.5, 0.6) is 0 Å². The van der Waals surface area contributed by atoms with Crippen LogP contribution in [0.15, 0.2) is 64.3 Å². The van der Waals surface area contributed by atoms with Crippen molar-refractivity contribution in [2.45, 2.75) is 19.1 Å². The smallest absolute Gasteiger partial charge is 0.328 e. The van der Waals surface area contributed by atoms with Crippen molar-refractivity contribution in [3.05, 3.63) is 81.1 Å². The third-order valence-electron chi connectivity index (χ3n) is 3.89. The summed E-state index contributed by atoms with van der Waals surface area (Å²) in [6, 6.07) is 11.4. The van der Waals surface area contributed by atoms with E-state index in [1.807, 2.05) is 30.3 Å². The summed E-state index contributed by atoms with van der Waals surface area (Å²) in [5.74, 6) is 0.132. The van der Waals surface area contributed by atoms with E-state index in [1.165, 1.54) is 6.07 Å². The number of hydrogen-bond acceptors (Lipinski definition) is 3. The number of H-pyrrole nitrogens is 1. The number of nitrogens with one attached hydrogen (secondary N) is 1. The molecule has 1 aromatic heterocycles. The van der Waals surface area contributed by atoms with E-state index in [-0.39, 0.29) is 23.2 Å². The molecule has 0 spiro atoms. The zero-order valence-corrected chi connectivity index (χ0v) is 12.1. The highest BCUT2D eigenvalue weighted by molar-refractivity contribution is 5.13. The molecule has 0 saturated carbocycles. The Kier molecular flexibility index (Phi) is 4.34. The minimum absolute atomic E-state index is 0.000114. The van der Waals surface area contributed by atoms with Gasteiger partial charge in [-0.05, 0) is 12.0 Å². The molecule has 0 radical (unpaired) electrons. The van der Waals surface area contributed by atoms with Gasteiger partial charge in [-0.3, -0.25) is 14.3 Å². The Morgan fingerprint density at radius 1 is 1.18 bits per heavy atom. The lowest BCUT2D eigenvalue weighted by Gasteiger charge is -2.21. The summed E-state index contributed by atoms with van der Waals surface area (Å²) in [5.41, 5.74) is 0.389. The number of aromatic amines is 1. The lowest BCUT2D eigenvalue weighted by Crippen LogP contribution is -2.33. The van der Waals surface area contributed by atoms with Crippen molar-refractivity contribution < 1.29 is 4.74 Å². The summed E-state index contributed by atoms with van der Waals surface area (Å²) in [6.45, 7) is 1.10. The number of allylic oxidation sites excluding steroid dienone is 1. The van der Waals surface area contributed by atoms with Gasteiger partial charge in [0.25, 0.3) is 5.56 Å². The van der Waals surface area contributed by atoms with Crippen molar-refractivity contribution in [2.75, 3.05) is 6.61 Å². The van der Waals surface area contributed by atoms with Gasteiger partial charge in [0.05, 0.1) is 19.3 Å². The second kappa shape index (κ2) is 6.58. The minimum atomic E-state index is -0.371. The number of aromatic nitrogens is 2. The second-order valence-corrected chi connectivity index (χ2v) is 5.41. The minimum Gasteiger partial charge on any atom is -0.376 e. The maximum Gasteiger partial charge on any atom is 0.328 e. The molecule has 1 N–H and O–H groups in total. The molecule has 2 atom stereocenters. The molecular weight excluding hydrogens is 280 g/mol. The van der Waals surface area contributed by atoms with Crippen molar-refractivity contribution in [1.82, 2.24) is 9.55 Å². The van der Waals surface area contributed by atoms with E-state index in [2.05, 4.69) is 17.1 Å². The van der Waals surface area contributed by atoms with Crippen LogP contribution in [0.3, 0.4) is 0 Å².